The summed E-state index contributed by atoms with van der Waals surface area (Å²) >= 11 is 0. The third-order valence-electron chi connectivity index (χ3n) is 4.72. The van der Waals surface area contributed by atoms with Gasteiger partial charge < -0.3 is 5.32 Å². The van der Waals surface area contributed by atoms with Crippen LogP contribution in [0.5, 0.6) is 0 Å². The summed E-state index contributed by atoms with van der Waals surface area (Å²) in [5.74, 6) is 0.755. The van der Waals surface area contributed by atoms with Gasteiger partial charge in [-0.1, -0.05) is 40.0 Å². The van der Waals surface area contributed by atoms with Crippen molar-refractivity contribution < 1.29 is 4.79 Å². The molecule has 146 valence electrons. The number of H-pyrrole nitrogens is 1. The highest BCUT2D eigenvalue weighted by Gasteiger charge is 2.23. The number of aromatic nitrogens is 4. The summed E-state index contributed by atoms with van der Waals surface area (Å²) in [6.07, 6.45) is 5.53. The van der Waals surface area contributed by atoms with Crippen molar-refractivity contribution in [3.05, 3.63) is 33.9 Å². The Bertz CT molecular complexity index is 871. The average Bonchev–Trinajstić information content (AvgIpc) is 2.99. The molecule has 8 nitrogen and oxygen atoms in total. The Morgan fingerprint density at radius 1 is 1.22 bits per heavy atom. The van der Waals surface area contributed by atoms with Crippen LogP contribution >= 0.6 is 0 Å². The first-order valence-corrected chi connectivity index (χ1v) is 9.49. The van der Waals surface area contributed by atoms with E-state index in [2.05, 4.69) is 25.7 Å². The number of urea groups is 1. The van der Waals surface area contributed by atoms with E-state index in [-0.39, 0.29) is 29.0 Å². The van der Waals surface area contributed by atoms with E-state index in [4.69, 9.17) is 0 Å². The van der Waals surface area contributed by atoms with E-state index in [0.29, 0.717) is 11.5 Å². The van der Waals surface area contributed by atoms with Crippen molar-refractivity contribution in [2.45, 2.75) is 71.3 Å². The number of carbonyl (C=O) groups excluding carboxylic acids is 1. The molecule has 0 atom stereocenters. The zero-order valence-electron chi connectivity index (χ0n) is 16.4. The van der Waals surface area contributed by atoms with Crippen LogP contribution in [0.2, 0.25) is 0 Å². The number of aryl methyl sites for hydroxylation is 1. The molecule has 0 spiro atoms. The number of amides is 2. The van der Waals surface area contributed by atoms with E-state index in [0.717, 1.165) is 31.4 Å². The first-order chi connectivity index (χ1) is 12.7. The van der Waals surface area contributed by atoms with Crippen molar-refractivity contribution in [3.63, 3.8) is 0 Å². The van der Waals surface area contributed by atoms with Crippen LogP contribution < -0.4 is 16.2 Å². The standard InChI is InChI=1S/C19H28N6O2/c1-12-10-16(26)23-17(20-12)25-15(11-14(24-25)19(2,3)4)22-18(27)21-13-8-6-5-7-9-13/h10-11,13H,5-9H2,1-4H3,(H,20,23,26)(H2,21,22,27). The second-order valence-electron chi connectivity index (χ2n) is 8.22. The molecule has 2 amide bonds. The monoisotopic (exact) mass is 372 g/mol. The fourth-order valence-electron chi connectivity index (χ4n) is 3.25. The SMILES string of the molecule is Cc1cc(=O)[nH]c(-n2nc(C(C)(C)C)cc2NC(=O)NC2CCCCC2)n1. The minimum atomic E-state index is -0.265. The second-order valence-corrected chi connectivity index (χ2v) is 8.22. The molecule has 27 heavy (non-hydrogen) atoms. The Morgan fingerprint density at radius 2 is 1.93 bits per heavy atom. The zero-order valence-corrected chi connectivity index (χ0v) is 16.4. The largest absolute Gasteiger partial charge is 0.335 e. The molecule has 3 rings (SSSR count). The highest BCUT2D eigenvalue weighted by Crippen LogP contribution is 2.25. The molecule has 2 heterocycles. The van der Waals surface area contributed by atoms with Gasteiger partial charge in [0, 0.05) is 29.3 Å². The van der Waals surface area contributed by atoms with Crippen LogP contribution in [-0.4, -0.2) is 31.8 Å². The van der Waals surface area contributed by atoms with Gasteiger partial charge in [0.05, 0.1) is 5.69 Å². The summed E-state index contributed by atoms with van der Waals surface area (Å²) in [5.41, 5.74) is 0.896. The highest BCUT2D eigenvalue weighted by atomic mass is 16.2. The number of aromatic amines is 1. The van der Waals surface area contributed by atoms with Crippen molar-refractivity contribution in [2.75, 3.05) is 5.32 Å². The van der Waals surface area contributed by atoms with Gasteiger partial charge in [0.2, 0.25) is 5.95 Å². The van der Waals surface area contributed by atoms with Gasteiger partial charge in [-0.25, -0.2) is 9.78 Å². The maximum Gasteiger partial charge on any atom is 0.320 e. The Balaban J connectivity index is 1.89. The van der Waals surface area contributed by atoms with Crippen LogP contribution in [0.1, 0.15) is 64.3 Å². The molecule has 0 aromatic carbocycles. The number of hydrogen-bond donors (Lipinski definition) is 3. The Labute approximate surface area is 158 Å². The van der Waals surface area contributed by atoms with Gasteiger partial charge >= 0.3 is 6.03 Å². The summed E-state index contributed by atoms with van der Waals surface area (Å²) < 4.78 is 1.48. The predicted octanol–water partition coefficient (Wildman–Crippen LogP) is 3.02. The quantitative estimate of drug-likeness (QED) is 0.770. The maximum atomic E-state index is 12.5. The summed E-state index contributed by atoms with van der Waals surface area (Å²) in [6.45, 7) is 7.86. The lowest BCUT2D eigenvalue weighted by molar-refractivity contribution is 0.244. The number of nitrogens with zero attached hydrogens (tertiary/aromatic N) is 3. The number of rotatable bonds is 3. The molecule has 1 aliphatic carbocycles. The Kier molecular flexibility index (Phi) is 5.34. The van der Waals surface area contributed by atoms with Gasteiger partial charge in [0.1, 0.15) is 5.82 Å². The van der Waals surface area contributed by atoms with Crippen LogP contribution in [0.4, 0.5) is 10.6 Å². The summed E-state index contributed by atoms with van der Waals surface area (Å²) in [6, 6.07) is 3.18. The van der Waals surface area contributed by atoms with Crippen molar-refractivity contribution in [1.82, 2.24) is 25.1 Å². The van der Waals surface area contributed by atoms with Crippen molar-refractivity contribution in [2.24, 2.45) is 0 Å². The molecule has 3 N–H and O–H groups in total. The molecular weight excluding hydrogens is 344 g/mol. The predicted molar refractivity (Wildman–Crippen MR) is 104 cm³/mol. The summed E-state index contributed by atoms with van der Waals surface area (Å²) in [7, 11) is 0. The number of hydrogen-bond acceptors (Lipinski definition) is 4. The third-order valence-corrected chi connectivity index (χ3v) is 4.72. The lowest BCUT2D eigenvalue weighted by atomic mass is 9.92. The van der Waals surface area contributed by atoms with E-state index in [9.17, 15) is 9.59 Å². The van der Waals surface area contributed by atoms with Crippen molar-refractivity contribution in [1.29, 1.82) is 0 Å². The molecule has 0 radical (unpaired) electrons. The molecule has 1 fully saturated rings. The van der Waals surface area contributed by atoms with Gasteiger partial charge in [-0.3, -0.25) is 15.1 Å². The minimum absolute atomic E-state index is 0.203. The van der Waals surface area contributed by atoms with Crippen LogP contribution in [-0.2, 0) is 5.41 Å². The highest BCUT2D eigenvalue weighted by molar-refractivity contribution is 5.88. The van der Waals surface area contributed by atoms with Crippen LogP contribution in [0.15, 0.2) is 16.9 Å². The molecule has 0 aliphatic heterocycles. The summed E-state index contributed by atoms with van der Waals surface area (Å²) in [4.78, 5) is 31.4. The molecule has 2 aromatic heterocycles. The lowest BCUT2D eigenvalue weighted by Gasteiger charge is -2.22. The Morgan fingerprint density at radius 3 is 2.56 bits per heavy atom. The van der Waals surface area contributed by atoms with Crippen molar-refractivity contribution >= 4 is 11.8 Å². The van der Waals surface area contributed by atoms with Gasteiger partial charge in [0.15, 0.2) is 0 Å². The molecule has 1 saturated carbocycles. The average molecular weight is 372 g/mol. The van der Waals surface area contributed by atoms with Gasteiger partial charge in [-0.05, 0) is 19.8 Å². The molecule has 0 saturated heterocycles. The fourth-order valence-corrected chi connectivity index (χ4v) is 3.25. The normalized spacial score (nSPS) is 15.6. The van der Waals surface area contributed by atoms with E-state index in [1.165, 1.54) is 17.2 Å². The third kappa shape index (κ3) is 4.75. The van der Waals surface area contributed by atoms with E-state index < -0.39 is 0 Å². The number of anilines is 1. The molecule has 2 aromatic rings. The van der Waals surface area contributed by atoms with Crippen LogP contribution in [0.3, 0.4) is 0 Å². The number of carbonyl (C=O) groups is 1. The van der Waals surface area contributed by atoms with Crippen LogP contribution in [0.25, 0.3) is 5.95 Å². The van der Waals surface area contributed by atoms with Gasteiger partial charge in [-0.2, -0.15) is 9.78 Å². The van der Waals surface area contributed by atoms with Crippen LogP contribution in [0, 0.1) is 6.92 Å². The summed E-state index contributed by atoms with van der Waals surface area (Å²) in [5, 5.41) is 10.5. The first kappa shape index (κ1) is 19.1. The molecule has 1 aliphatic rings. The fraction of sp³-hybridized carbons (Fsp3) is 0.579. The first-order valence-electron chi connectivity index (χ1n) is 9.49. The van der Waals surface area contributed by atoms with Gasteiger partial charge in [0.25, 0.3) is 5.56 Å². The topological polar surface area (TPSA) is 105 Å². The maximum absolute atomic E-state index is 12.5. The second kappa shape index (κ2) is 7.54. The molecule has 0 bridgehead atoms. The Hall–Kier alpha value is -2.64. The molecular formula is C19H28N6O2. The van der Waals surface area contributed by atoms with Crippen molar-refractivity contribution in [3.8, 4) is 5.95 Å². The minimum Gasteiger partial charge on any atom is -0.335 e. The lowest BCUT2D eigenvalue weighted by Crippen LogP contribution is -2.39. The zero-order chi connectivity index (χ0) is 19.6. The van der Waals surface area contributed by atoms with E-state index >= 15 is 0 Å². The molecule has 0 unspecified atom stereocenters. The molecule has 8 heteroatoms. The van der Waals surface area contributed by atoms with Gasteiger partial charge in [-0.15, -0.1) is 0 Å². The smallest absolute Gasteiger partial charge is 0.320 e. The number of nitrogens with one attached hydrogen (secondary N) is 3. The van der Waals surface area contributed by atoms with E-state index in [1.54, 1.807) is 6.92 Å². The van der Waals surface area contributed by atoms with E-state index in [1.807, 2.05) is 26.8 Å².